The van der Waals surface area contributed by atoms with Crippen LogP contribution in [0.15, 0.2) is 36.9 Å². The molecule has 0 spiro atoms. The van der Waals surface area contributed by atoms with Crippen LogP contribution in [-0.4, -0.2) is 38.3 Å². The number of hydrogen-bond acceptors (Lipinski definition) is 4. The van der Waals surface area contributed by atoms with Gasteiger partial charge in [-0.2, -0.15) is 16.9 Å². The Kier molecular flexibility index (Phi) is 5.74. The first-order valence-corrected chi connectivity index (χ1v) is 9.51. The van der Waals surface area contributed by atoms with Crippen LogP contribution in [0, 0.1) is 0 Å². The molecule has 24 heavy (non-hydrogen) atoms. The number of nitrogens with zero attached hydrogens (tertiary/aromatic N) is 3. The third kappa shape index (κ3) is 4.50. The Hall–Kier alpha value is -2.02. The summed E-state index contributed by atoms with van der Waals surface area (Å²) in [6.07, 6.45) is 8.80. The quantitative estimate of drug-likeness (QED) is 0.843. The SMILES string of the molecule is CS[C@H]1CCC[C@H]1NC(=O)NCc1cccc(Cn2cncn2)c1. The number of thioether (sulfide) groups is 1. The van der Waals surface area contributed by atoms with E-state index < -0.39 is 0 Å². The van der Waals surface area contributed by atoms with Gasteiger partial charge in [-0.05, 0) is 30.2 Å². The minimum absolute atomic E-state index is 0.0809. The monoisotopic (exact) mass is 345 g/mol. The Labute approximate surface area is 146 Å². The van der Waals surface area contributed by atoms with E-state index in [2.05, 4.69) is 33.0 Å². The molecule has 3 rings (SSSR count). The fourth-order valence-corrected chi connectivity index (χ4v) is 4.05. The van der Waals surface area contributed by atoms with Crippen molar-refractivity contribution in [1.82, 2.24) is 25.4 Å². The molecule has 1 fully saturated rings. The Balaban J connectivity index is 1.50. The molecule has 2 amide bonds. The number of nitrogens with one attached hydrogen (secondary N) is 2. The summed E-state index contributed by atoms with van der Waals surface area (Å²) in [6.45, 7) is 1.20. The normalized spacial score (nSPS) is 20.0. The van der Waals surface area contributed by atoms with Gasteiger partial charge in [0.1, 0.15) is 12.7 Å². The van der Waals surface area contributed by atoms with Crippen molar-refractivity contribution in [3.63, 3.8) is 0 Å². The fourth-order valence-electron chi connectivity index (χ4n) is 3.11. The molecule has 1 heterocycles. The molecule has 1 aromatic carbocycles. The summed E-state index contributed by atoms with van der Waals surface area (Å²) in [5.74, 6) is 0. The fraction of sp³-hybridized carbons (Fsp3) is 0.471. The first-order chi connectivity index (χ1) is 11.7. The minimum Gasteiger partial charge on any atom is -0.334 e. The first kappa shape index (κ1) is 16.8. The van der Waals surface area contributed by atoms with Gasteiger partial charge < -0.3 is 10.6 Å². The number of carbonyl (C=O) groups is 1. The van der Waals surface area contributed by atoms with E-state index in [-0.39, 0.29) is 6.03 Å². The van der Waals surface area contributed by atoms with Gasteiger partial charge in [-0.3, -0.25) is 0 Å². The van der Waals surface area contributed by atoms with Gasteiger partial charge in [0.25, 0.3) is 0 Å². The maximum Gasteiger partial charge on any atom is 0.315 e. The second-order valence-corrected chi connectivity index (χ2v) is 7.13. The average Bonchev–Trinajstić information content (AvgIpc) is 3.25. The van der Waals surface area contributed by atoms with E-state index in [1.165, 1.54) is 19.2 Å². The summed E-state index contributed by atoms with van der Waals surface area (Å²) >= 11 is 1.84. The maximum absolute atomic E-state index is 12.1. The molecule has 128 valence electrons. The largest absolute Gasteiger partial charge is 0.334 e. The molecule has 1 aliphatic rings. The van der Waals surface area contributed by atoms with Gasteiger partial charge in [0, 0.05) is 17.8 Å². The lowest BCUT2D eigenvalue weighted by Crippen LogP contribution is -2.44. The Morgan fingerprint density at radius 1 is 1.38 bits per heavy atom. The number of rotatable bonds is 6. The smallest absolute Gasteiger partial charge is 0.315 e. The van der Waals surface area contributed by atoms with Crippen molar-refractivity contribution in [1.29, 1.82) is 0 Å². The minimum atomic E-state index is -0.0809. The molecule has 6 nitrogen and oxygen atoms in total. The third-order valence-corrected chi connectivity index (χ3v) is 5.50. The number of aromatic nitrogens is 3. The molecule has 1 aliphatic carbocycles. The molecule has 0 radical (unpaired) electrons. The summed E-state index contributed by atoms with van der Waals surface area (Å²) in [5, 5.41) is 10.7. The van der Waals surface area contributed by atoms with Gasteiger partial charge in [0.15, 0.2) is 0 Å². The predicted molar refractivity (Wildman–Crippen MR) is 95.9 cm³/mol. The van der Waals surface area contributed by atoms with Crippen molar-refractivity contribution >= 4 is 17.8 Å². The topological polar surface area (TPSA) is 71.8 Å². The molecular weight excluding hydrogens is 322 g/mol. The summed E-state index contributed by atoms with van der Waals surface area (Å²) in [6, 6.07) is 8.36. The van der Waals surface area contributed by atoms with Crippen LogP contribution in [0.1, 0.15) is 30.4 Å². The highest BCUT2D eigenvalue weighted by Crippen LogP contribution is 2.28. The zero-order valence-electron chi connectivity index (χ0n) is 13.8. The van der Waals surface area contributed by atoms with Crippen LogP contribution in [0.25, 0.3) is 0 Å². The lowest BCUT2D eigenvalue weighted by atomic mass is 10.1. The highest BCUT2D eigenvalue weighted by atomic mass is 32.2. The molecule has 0 aliphatic heterocycles. The van der Waals surface area contributed by atoms with Crippen molar-refractivity contribution < 1.29 is 4.79 Å². The van der Waals surface area contributed by atoms with E-state index in [1.54, 1.807) is 11.0 Å². The van der Waals surface area contributed by atoms with E-state index in [1.807, 2.05) is 30.0 Å². The molecule has 2 N–H and O–H groups in total. The Morgan fingerprint density at radius 3 is 3.04 bits per heavy atom. The lowest BCUT2D eigenvalue weighted by molar-refractivity contribution is 0.237. The highest BCUT2D eigenvalue weighted by molar-refractivity contribution is 7.99. The van der Waals surface area contributed by atoms with E-state index in [4.69, 9.17) is 0 Å². The van der Waals surface area contributed by atoms with Gasteiger partial charge >= 0.3 is 6.03 Å². The van der Waals surface area contributed by atoms with Gasteiger partial charge in [0.05, 0.1) is 6.54 Å². The molecule has 2 aromatic rings. The summed E-state index contributed by atoms with van der Waals surface area (Å²) in [4.78, 5) is 16.1. The molecule has 1 saturated carbocycles. The Bertz CT molecular complexity index is 661. The second kappa shape index (κ2) is 8.19. The van der Waals surface area contributed by atoms with E-state index >= 15 is 0 Å². The number of hydrogen-bond donors (Lipinski definition) is 2. The van der Waals surface area contributed by atoms with Crippen LogP contribution in [0.2, 0.25) is 0 Å². The molecule has 0 bridgehead atoms. The van der Waals surface area contributed by atoms with Crippen LogP contribution in [0.4, 0.5) is 4.79 Å². The molecule has 1 aromatic heterocycles. The predicted octanol–water partition coefficient (Wildman–Crippen LogP) is 2.41. The van der Waals surface area contributed by atoms with Crippen molar-refractivity contribution in [3.8, 4) is 0 Å². The first-order valence-electron chi connectivity index (χ1n) is 8.22. The Morgan fingerprint density at radius 2 is 2.25 bits per heavy atom. The van der Waals surface area contributed by atoms with Gasteiger partial charge in [-0.1, -0.05) is 30.7 Å². The van der Waals surface area contributed by atoms with Crippen LogP contribution < -0.4 is 10.6 Å². The zero-order chi connectivity index (χ0) is 16.8. The zero-order valence-corrected chi connectivity index (χ0v) is 14.6. The summed E-state index contributed by atoms with van der Waals surface area (Å²) in [7, 11) is 0. The van der Waals surface area contributed by atoms with E-state index in [0.29, 0.717) is 24.4 Å². The van der Waals surface area contributed by atoms with Crippen molar-refractivity contribution in [2.75, 3.05) is 6.26 Å². The van der Waals surface area contributed by atoms with Crippen LogP contribution >= 0.6 is 11.8 Å². The van der Waals surface area contributed by atoms with Gasteiger partial charge in [0.2, 0.25) is 0 Å². The third-order valence-electron chi connectivity index (χ3n) is 4.33. The van der Waals surface area contributed by atoms with E-state index in [9.17, 15) is 4.79 Å². The maximum atomic E-state index is 12.1. The van der Waals surface area contributed by atoms with Crippen LogP contribution in [0.3, 0.4) is 0 Å². The number of benzene rings is 1. The standard InChI is InChI=1S/C17H23N5OS/c1-24-16-7-3-6-15(16)21-17(23)19-9-13-4-2-5-14(8-13)10-22-12-18-11-20-22/h2,4-5,8,11-12,15-16H,3,6-7,9-10H2,1H3,(H2,19,21,23)/t15-,16+/m1/s1. The highest BCUT2D eigenvalue weighted by Gasteiger charge is 2.27. The second-order valence-electron chi connectivity index (χ2n) is 6.05. The molecule has 2 atom stereocenters. The summed E-state index contributed by atoms with van der Waals surface area (Å²) < 4.78 is 1.78. The van der Waals surface area contributed by atoms with Gasteiger partial charge in [-0.25, -0.2) is 14.5 Å². The molecular formula is C17H23N5OS. The van der Waals surface area contributed by atoms with Crippen molar-refractivity contribution in [2.45, 2.75) is 43.6 Å². The number of carbonyl (C=O) groups excluding carboxylic acids is 1. The molecule has 0 saturated heterocycles. The van der Waals surface area contributed by atoms with Crippen LogP contribution in [0.5, 0.6) is 0 Å². The number of amides is 2. The van der Waals surface area contributed by atoms with Crippen molar-refractivity contribution in [3.05, 3.63) is 48.0 Å². The van der Waals surface area contributed by atoms with Crippen LogP contribution in [-0.2, 0) is 13.1 Å². The number of urea groups is 1. The molecule has 0 unspecified atom stereocenters. The van der Waals surface area contributed by atoms with E-state index in [0.717, 1.165) is 17.5 Å². The molecule has 7 heteroatoms. The van der Waals surface area contributed by atoms with Crippen molar-refractivity contribution in [2.24, 2.45) is 0 Å². The summed E-state index contributed by atoms with van der Waals surface area (Å²) in [5.41, 5.74) is 2.22. The van der Waals surface area contributed by atoms with Gasteiger partial charge in [-0.15, -0.1) is 0 Å². The lowest BCUT2D eigenvalue weighted by Gasteiger charge is -2.19. The average molecular weight is 345 g/mol.